The van der Waals surface area contributed by atoms with Crippen LogP contribution in [0.15, 0.2) is 6.33 Å². The second-order valence-electron chi connectivity index (χ2n) is 4.46. The molecule has 0 saturated carbocycles. The van der Waals surface area contributed by atoms with Crippen molar-refractivity contribution >= 4 is 21.6 Å². The molecular weight excluding hydrogens is 216 g/mol. The number of rotatable bonds is 2. The molecule has 0 unspecified atom stereocenters. The number of hydrogen-bond acceptors (Lipinski definition) is 3. The molecule has 0 aliphatic heterocycles. The Kier molecular flexibility index (Phi) is 2.64. The number of fused-ring (bicyclic) bond motifs is 3. The first-order valence-corrected chi connectivity index (χ1v) is 6.96. The van der Waals surface area contributed by atoms with Gasteiger partial charge in [0.05, 0.1) is 5.69 Å². The van der Waals surface area contributed by atoms with E-state index in [9.17, 15) is 0 Å². The molecule has 0 aromatic carbocycles. The van der Waals surface area contributed by atoms with E-state index in [2.05, 4.69) is 16.9 Å². The van der Waals surface area contributed by atoms with E-state index in [4.69, 9.17) is 0 Å². The first-order chi connectivity index (χ1) is 7.90. The molecule has 0 bridgehead atoms. The summed E-state index contributed by atoms with van der Waals surface area (Å²) in [5, 5.41) is 1.39. The molecule has 0 radical (unpaired) electrons. The van der Waals surface area contributed by atoms with Crippen molar-refractivity contribution in [2.75, 3.05) is 0 Å². The average Bonchev–Trinajstić information content (AvgIpc) is 2.68. The molecule has 3 heteroatoms. The van der Waals surface area contributed by atoms with E-state index < -0.39 is 0 Å². The van der Waals surface area contributed by atoms with Crippen molar-refractivity contribution in [2.24, 2.45) is 0 Å². The van der Waals surface area contributed by atoms with E-state index in [0.29, 0.717) is 0 Å². The van der Waals surface area contributed by atoms with Crippen LogP contribution in [-0.2, 0) is 19.3 Å². The van der Waals surface area contributed by atoms with E-state index in [-0.39, 0.29) is 0 Å². The highest BCUT2D eigenvalue weighted by molar-refractivity contribution is 7.18. The monoisotopic (exact) mass is 232 g/mol. The second-order valence-corrected chi connectivity index (χ2v) is 5.55. The molecule has 0 N–H and O–H groups in total. The summed E-state index contributed by atoms with van der Waals surface area (Å²) < 4.78 is 0. The van der Waals surface area contributed by atoms with Crippen LogP contribution in [0.1, 0.15) is 42.3 Å². The third-order valence-electron chi connectivity index (χ3n) is 3.32. The minimum atomic E-state index is 1.09. The van der Waals surface area contributed by atoms with Gasteiger partial charge in [0.25, 0.3) is 0 Å². The van der Waals surface area contributed by atoms with Gasteiger partial charge in [0.15, 0.2) is 0 Å². The third-order valence-corrected chi connectivity index (χ3v) is 4.52. The Bertz CT molecular complexity index is 516. The minimum absolute atomic E-state index is 1.09. The molecule has 16 heavy (non-hydrogen) atoms. The zero-order chi connectivity index (χ0) is 11.0. The number of nitrogens with zero attached hydrogens (tertiary/aromatic N) is 2. The molecule has 0 amide bonds. The zero-order valence-electron chi connectivity index (χ0n) is 9.62. The fourth-order valence-corrected chi connectivity index (χ4v) is 3.83. The van der Waals surface area contributed by atoms with Crippen molar-refractivity contribution < 1.29 is 0 Å². The third kappa shape index (κ3) is 1.54. The molecule has 84 valence electrons. The quantitative estimate of drug-likeness (QED) is 0.791. The Labute approximate surface area is 99.7 Å². The van der Waals surface area contributed by atoms with Crippen molar-refractivity contribution in [2.45, 2.75) is 45.4 Å². The normalized spacial score (nSPS) is 15.3. The van der Waals surface area contributed by atoms with Crippen LogP contribution >= 0.6 is 11.3 Å². The van der Waals surface area contributed by atoms with Crippen LogP contribution in [0.5, 0.6) is 0 Å². The number of thiophene rings is 1. The molecule has 1 aliphatic carbocycles. The predicted molar refractivity (Wildman–Crippen MR) is 68.1 cm³/mol. The van der Waals surface area contributed by atoms with Crippen molar-refractivity contribution in [1.82, 2.24) is 9.97 Å². The van der Waals surface area contributed by atoms with Crippen LogP contribution in [-0.4, -0.2) is 9.97 Å². The molecule has 2 nitrogen and oxygen atoms in total. The lowest BCUT2D eigenvalue weighted by molar-refractivity contribution is 0.699. The lowest BCUT2D eigenvalue weighted by atomic mass is 9.95. The highest BCUT2D eigenvalue weighted by Crippen LogP contribution is 2.36. The van der Waals surface area contributed by atoms with Gasteiger partial charge in [0.2, 0.25) is 0 Å². The van der Waals surface area contributed by atoms with Crippen LogP contribution in [0.3, 0.4) is 0 Å². The van der Waals surface area contributed by atoms with Crippen LogP contribution < -0.4 is 0 Å². The Morgan fingerprint density at radius 1 is 1.25 bits per heavy atom. The Balaban J connectivity index is 2.23. The van der Waals surface area contributed by atoms with E-state index in [1.165, 1.54) is 41.6 Å². The number of aryl methyl sites for hydroxylation is 3. The molecule has 2 aromatic rings. The fourth-order valence-electron chi connectivity index (χ4n) is 2.58. The van der Waals surface area contributed by atoms with Gasteiger partial charge < -0.3 is 0 Å². The zero-order valence-corrected chi connectivity index (χ0v) is 10.4. The first-order valence-electron chi connectivity index (χ1n) is 6.14. The topological polar surface area (TPSA) is 25.8 Å². The van der Waals surface area contributed by atoms with Gasteiger partial charge in [-0.15, -0.1) is 11.3 Å². The molecule has 0 saturated heterocycles. The van der Waals surface area contributed by atoms with Gasteiger partial charge in [0, 0.05) is 10.3 Å². The second kappa shape index (κ2) is 4.13. The maximum absolute atomic E-state index is 4.47. The van der Waals surface area contributed by atoms with E-state index in [1.54, 1.807) is 16.8 Å². The fraction of sp³-hybridized carbons (Fsp3) is 0.538. The van der Waals surface area contributed by atoms with Gasteiger partial charge in [-0.1, -0.05) is 13.3 Å². The molecule has 3 rings (SSSR count). The van der Waals surface area contributed by atoms with Crippen molar-refractivity contribution in [3.8, 4) is 0 Å². The molecular formula is C13H16N2S. The van der Waals surface area contributed by atoms with Gasteiger partial charge in [-0.2, -0.15) is 0 Å². The van der Waals surface area contributed by atoms with Crippen molar-refractivity contribution in [3.63, 3.8) is 0 Å². The van der Waals surface area contributed by atoms with Crippen LogP contribution in [0.25, 0.3) is 10.2 Å². The summed E-state index contributed by atoms with van der Waals surface area (Å²) in [7, 11) is 0. The predicted octanol–water partition coefficient (Wildman–Crippen LogP) is 3.52. The molecule has 0 fully saturated rings. The van der Waals surface area contributed by atoms with E-state index in [0.717, 1.165) is 12.8 Å². The smallest absolute Gasteiger partial charge is 0.127 e. The molecule has 0 atom stereocenters. The van der Waals surface area contributed by atoms with Crippen molar-refractivity contribution in [1.29, 1.82) is 0 Å². The highest BCUT2D eigenvalue weighted by atomic mass is 32.1. The van der Waals surface area contributed by atoms with E-state index in [1.807, 2.05) is 11.3 Å². The highest BCUT2D eigenvalue weighted by Gasteiger charge is 2.18. The lowest BCUT2D eigenvalue weighted by Gasteiger charge is -2.11. The minimum Gasteiger partial charge on any atom is -0.241 e. The Morgan fingerprint density at radius 2 is 2.12 bits per heavy atom. The van der Waals surface area contributed by atoms with Gasteiger partial charge in [-0.25, -0.2) is 9.97 Å². The first kappa shape index (κ1) is 10.2. The Hall–Kier alpha value is -0.960. The van der Waals surface area contributed by atoms with Crippen LogP contribution in [0, 0.1) is 0 Å². The summed E-state index contributed by atoms with van der Waals surface area (Å²) in [4.78, 5) is 11.7. The SMILES string of the molecule is CCCc1ncnc2sc3c(c12)CCCC3. The van der Waals surface area contributed by atoms with Gasteiger partial charge >= 0.3 is 0 Å². The van der Waals surface area contributed by atoms with Gasteiger partial charge in [0.1, 0.15) is 11.2 Å². The summed E-state index contributed by atoms with van der Waals surface area (Å²) in [6, 6.07) is 0. The summed E-state index contributed by atoms with van der Waals surface area (Å²) >= 11 is 1.89. The van der Waals surface area contributed by atoms with Crippen LogP contribution in [0.4, 0.5) is 0 Å². The van der Waals surface area contributed by atoms with Crippen molar-refractivity contribution in [3.05, 3.63) is 22.5 Å². The van der Waals surface area contributed by atoms with Gasteiger partial charge in [-0.3, -0.25) is 0 Å². The maximum Gasteiger partial charge on any atom is 0.127 e. The summed E-state index contributed by atoms with van der Waals surface area (Å²) in [5.74, 6) is 0. The molecule has 2 heterocycles. The number of aromatic nitrogens is 2. The van der Waals surface area contributed by atoms with E-state index >= 15 is 0 Å². The number of hydrogen-bond donors (Lipinski definition) is 0. The standard InChI is InChI=1S/C13H16N2S/c1-2-5-10-12-9-6-3-4-7-11(9)16-13(12)15-8-14-10/h8H,2-7H2,1H3. The van der Waals surface area contributed by atoms with Gasteiger partial charge in [-0.05, 0) is 37.7 Å². The summed E-state index contributed by atoms with van der Waals surface area (Å²) in [5.41, 5.74) is 2.84. The largest absolute Gasteiger partial charge is 0.241 e. The average molecular weight is 232 g/mol. The molecule has 1 aliphatic rings. The summed E-state index contributed by atoms with van der Waals surface area (Å²) in [6.07, 6.45) is 9.14. The molecule has 0 spiro atoms. The summed E-state index contributed by atoms with van der Waals surface area (Å²) in [6.45, 7) is 2.22. The Morgan fingerprint density at radius 3 is 3.00 bits per heavy atom. The maximum atomic E-state index is 4.47. The molecule has 2 aromatic heterocycles. The van der Waals surface area contributed by atoms with Crippen LogP contribution in [0.2, 0.25) is 0 Å². The lowest BCUT2D eigenvalue weighted by Crippen LogP contribution is -2.00.